The van der Waals surface area contributed by atoms with Crippen molar-refractivity contribution < 1.29 is 24.0 Å². The lowest BCUT2D eigenvalue weighted by atomic mass is 10.1. The first-order valence-electron chi connectivity index (χ1n) is 7.19. The molecule has 0 amide bonds. The van der Waals surface area contributed by atoms with Crippen molar-refractivity contribution in [2.75, 3.05) is 6.61 Å². The van der Waals surface area contributed by atoms with Crippen LogP contribution in [0.2, 0.25) is 0 Å². The van der Waals surface area contributed by atoms with Crippen LogP contribution in [0.5, 0.6) is 0 Å². The van der Waals surface area contributed by atoms with E-state index >= 15 is 0 Å². The second kappa shape index (κ2) is 7.15. The fourth-order valence-electron chi connectivity index (χ4n) is 2.24. The van der Waals surface area contributed by atoms with Gasteiger partial charge in [0.1, 0.15) is 6.42 Å². The molecular weight excluding hydrogens is 302 g/mol. The Balaban J connectivity index is 1.90. The number of carbonyl (C=O) groups excluding carboxylic acids is 2. The molecule has 0 spiro atoms. The molecule has 0 saturated carbocycles. The van der Waals surface area contributed by atoms with Crippen molar-refractivity contribution in [3.63, 3.8) is 0 Å². The summed E-state index contributed by atoms with van der Waals surface area (Å²) in [6, 6.07) is 5.85. The van der Waals surface area contributed by atoms with Gasteiger partial charge in [-0.3, -0.25) is 19.7 Å². The maximum atomic E-state index is 11.8. The first kappa shape index (κ1) is 16.8. The molecule has 0 N–H and O–H groups in total. The van der Waals surface area contributed by atoms with E-state index in [1.807, 2.05) is 0 Å². The summed E-state index contributed by atoms with van der Waals surface area (Å²) in [6.45, 7) is 2.20. The zero-order valence-electron chi connectivity index (χ0n) is 12.7. The van der Waals surface area contributed by atoms with Crippen molar-refractivity contribution >= 4 is 23.5 Å². The minimum Gasteiger partial charge on any atom is -0.433 e. The summed E-state index contributed by atoms with van der Waals surface area (Å²) >= 11 is 0. The van der Waals surface area contributed by atoms with Gasteiger partial charge in [-0.05, 0) is 18.1 Å². The second-order valence-corrected chi connectivity index (χ2v) is 5.39. The molecule has 23 heavy (non-hydrogen) atoms. The molecule has 122 valence electrons. The Kier molecular flexibility index (Phi) is 5.23. The molecule has 1 fully saturated rings. The Morgan fingerprint density at radius 1 is 1.48 bits per heavy atom. The molecule has 2 rings (SSSR count). The number of nitro benzene ring substituents is 1. The van der Waals surface area contributed by atoms with Crippen LogP contribution < -0.4 is 0 Å². The van der Waals surface area contributed by atoms with Gasteiger partial charge in [0.15, 0.2) is 5.78 Å². The second-order valence-electron chi connectivity index (χ2n) is 5.39. The molecule has 1 unspecified atom stereocenters. The number of benzene rings is 1. The van der Waals surface area contributed by atoms with Gasteiger partial charge >= 0.3 is 5.97 Å². The molecule has 1 saturated heterocycles. The Morgan fingerprint density at radius 2 is 2.26 bits per heavy atom. The number of nitro groups is 1. The molecule has 1 aliphatic rings. The van der Waals surface area contributed by atoms with Crippen molar-refractivity contribution in [1.29, 1.82) is 0 Å². The van der Waals surface area contributed by atoms with E-state index in [-0.39, 0.29) is 5.69 Å². The standard InChI is InChI=1S/C16H17NO6/c1-16(8-3-9-22-16)23-15(19)11-14(18)7-6-12-4-2-5-13(10-12)17(20)21/h2,4-7,10H,3,8-9,11H2,1H3. The summed E-state index contributed by atoms with van der Waals surface area (Å²) in [4.78, 5) is 33.6. The summed E-state index contributed by atoms with van der Waals surface area (Å²) in [6.07, 6.45) is 3.65. The maximum absolute atomic E-state index is 11.8. The van der Waals surface area contributed by atoms with Gasteiger partial charge in [0.05, 0.1) is 11.5 Å². The SMILES string of the molecule is CC1(OC(=O)CC(=O)C=Cc2cccc([N+](=O)[O-])c2)CCCO1. The molecule has 7 nitrogen and oxygen atoms in total. The number of carbonyl (C=O) groups is 2. The van der Waals surface area contributed by atoms with E-state index in [1.54, 1.807) is 13.0 Å². The van der Waals surface area contributed by atoms with Gasteiger partial charge in [-0.15, -0.1) is 0 Å². The third kappa shape index (κ3) is 5.00. The van der Waals surface area contributed by atoms with Crippen LogP contribution in [0.3, 0.4) is 0 Å². The number of allylic oxidation sites excluding steroid dienone is 1. The molecule has 1 heterocycles. The molecule has 1 aliphatic heterocycles. The number of esters is 1. The van der Waals surface area contributed by atoms with E-state index in [0.717, 1.165) is 6.42 Å². The first-order valence-corrected chi connectivity index (χ1v) is 7.19. The van der Waals surface area contributed by atoms with Gasteiger partial charge in [0.2, 0.25) is 5.79 Å². The molecular formula is C16H17NO6. The van der Waals surface area contributed by atoms with Crippen LogP contribution in [0.25, 0.3) is 6.08 Å². The first-order chi connectivity index (χ1) is 10.9. The highest BCUT2D eigenvalue weighted by molar-refractivity contribution is 6.04. The van der Waals surface area contributed by atoms with Crippen molar-refractivity contribution in [2.24, 2.45) is 0 Å². The van der Waals surface area contributed by atoms with Gasteiger partial charge in [0.25, 0.3) is 5.69 Å². The average Bonchev–Trinajstić information content (AvgIpc) is 2.91. The summed E-state index contributed by atoms with van der Waals surface area (Å²) in [7, 11) is 0. The molecule has 1 aromatic carbocycles. The van der Waals surface area contributed by atoms with Crippen LogP contribution in [0.15, 0.2) is 30.3 Å². The topological polar surface area (TPSA) is 95.7 Å². The molecule has 1 atom stereocenters. The lowest BCUT2D eigenvalue weighted by Crippen LogP contribution is -2.31. The van der Waals surface area contributed by atoms with Crippen LogP contribution >= 0.6 is 0 Å². The third-order valence-corrected chi connectivity index (χ3v) is 3.37. The van der Waals surface area contributed by atoms with Crippen LogP contribution in [-0.2, 0) is 19.1 Å². The number of hydrogen-bond acceptors (Lipinski definition) is 6. The summed E-state index contributed by atoms with van der Waals surface area (Å²) in [5.74, 6) is -2.03. The monoisotopic (exact) mass is 319 g/mol. The summed E-state index contributed by atoms with van der Waals surface area (Å²) < 4.78 is 10.5. The van der Waals surface area contributed by atoms with Crippen LogP contribution in [-0.4, -0.2) is 29.1 Å². The molecule has 7 heteroatoms. The molecule has 0 aliphatic carbocycles. The summed E-state index contributed by atoms with van der Waals surface area (Å²) in [5.41, 5.74) is 0.442. The predicted octanol–water partition coefficient (Wildman–Crippen LogP) is 2.64. The van der Waals surface area contributed by atoms with E-state index < -0.39 is 28.9 Å². The zero-order chi connectivity index (χ0) is 16.9. The van der Waals surface area contributed by atoms with E-state index in [2.05, 4.69) is 0 Å². The fourth-order valence-corrected chi connectivity index (χ4v) is 2.24. The Morgan fingerprint density at radius 3 is 2.91 bits per heavy atom. The van der Waals surface area contributed by atoms with Gasteiger partial charge in [-0.2, -0.15) is 0 Å². The van der Waals surface area contributed by atoms with E-state index in [1.165, 1.54) is 30.4 Å². The van der Waals surface area contributed by atoms with Crippen molar-refractivity contribution in [3.8, 4) is 0 Å². The Bertz CT molecular complexity index is 646. The van der Waals surface area contributed by atoms with Crippen molar-refractivity contribution in [2.45, 2.75) is 32.0 Å². The lowest BCUT2D eigenvalue weighted by Gasteiger charge is -2.22. The summed E-state index contributed by atoms with van der Waals surface area (Å²) in [5, 5.41) is 10.7. The smallest absolute Gasteiger partial charge is 0.316 e. The Labute approximate surface area is 133 Å². The minimum absolute atomic E-state index is 0.0645. The van der Waals surface area contributed by atoms with Crippen molar-refractivity contribution in [1.82, 2.24) is 0 Å². The third-order valence-electron chi connectivity index (χ3n) is 3.37. The molecule has 0 aromatic heterocycles. The van der Waals surface area contributed by atoms with Gasteiger partial charge in [-0.1, -0.05) is 18.2 Å². The number of non-ortho nitro benzene ring substituents is 1. The number of nitrogens with zero attached hydrogens (tertiary/aromatic N) is 1. The maximum Gasteiger partial charge on any atom is 0.316 e. The normalized spacial score (nSPS) is 20.6. The lowest BCUT2D eigenvalue weighted by molar-refractivity contribution is -0.384. The van der Waals surface area contributed by atoms with Crippen LogP contribution in [0.1, 0.15) is 31.7 Å². The predicted molar refractivity (Wildman–Crippen MR) is 81.4 cm³/mol. The largest absolute Gasteiger partial charge is 0.433 e. The number of ether oxygens (including phenoxy) is 2. The Hall–Kier alpha value is -2.54. The van der Waals surface area contributed by atoms with Crippen LogP contribution in [0.4, 0.5) is 5.69 Å². The average molecular weight is 319 g/mol. The molecule has 0 radical (unpaired) electrons. The zero-order valence-corrected chi connectivity index (χ0v) is 12.7. The quantitative estimate of drug-likeness (QED) is 0.263. The fraction of sp³-hybridized carbons (Fsp3) is 0.375. The highest BCUT2D eigenvalue weighted by Crippen LogP contribution is 2.26. The highest BCUT2D eigenvalue weighted by atomic mass is 16.7. The highest BCUT2D eigenvalue weighted by Gasteiger charge is 2.34. The van der Waals surface area contributed by atoms with Crippen molar-refractivity contribution in [3.05, 3.63) is 46.0 Å². The minimum atomic E-state index is -0.943. The molecule has 1 aromatic rings. The van der Waals surface area contributed by atoms with Gasteiger partial charge in [0, 0.05) is 25.5 Å². The van der Waals surface area contributed by atoms with E-state index in [4.69, 9.17) is 9.47 Å². The number of hydrogen-bond donors (Lipinski definition) is 0. The van der Waals surface area contributed by atoms with E-state index in [9.17, 15) is 19.7 Å². The number of ketones is 1. The van der Waals surface area contributed by atoms with E-state index in [0.29, 0.717) is 18.6 Å². The number of rotatable bonds is 6. The molecule has 0 bridgehead atoms. The van der Waals surface area contributed by atoms with Gasteiger partial charge < -0.3 is 9.47 Å². The van der Waals surface area contributed by atoms with Gasteiger partial charge in [-0.25, -0.2) is 0 Å². The van der Waals surface area contributed by atoms with Crippen LogP contribution in [0, 0.1) is 10.1 Å².